The fraction of sp³-hybridized carbons (Fsp3) is 0.750. The molecule has 5 nitrogen and oxygen atoms in total. The Labute approximate surface area is 137 Å². The van der Waals surface area contributed by atoms with E-state index in [1.165, 1.54) is 12.8 Å². The molecular weight excluding hydrogens is 300 g/mol. The number of nitrogens with one attached hydrogen (secondary N) is 1. The second kappa shape index (κ2) is 6.20. The minimum atomic E-state index is 0.123. The van der Waals surface area contributed by atoms with Crippen LogP contribution in [0.5, 0.6) is 0 Å². The van der Waals surface area contributed by atoms with E-state index < -0.39 is 0 Å². The quantitative estimate of drug-likeness (QED) is 0.924. The summed E-state index contributed by atoms with van der Waals surface area (Å²) in [5.41, 5.74) is 1.76. The van der Waals surface area contributed by atoms with Gasteiger partial charge in [-0.15, -0.1) is 0 Å². The molecule has 3 heterocycles. The van der Waals surface area contributed by atoms with E-state index in [1.54, 1.807) is 0 Å². The number of piperidine rings is 1. The number of fused-ring (bicyclic) bond motifs is 2. The first-order chi connectivity index (χ1) is 10.5. The lowest BCUT2D eigenvalue weighted by atomic mass is 9.98. The number of rotatable bonds is 4. The van der Waals surface area contributed by atoms with Gasteiger partial charge in [-0.2, -0.15) is 5.10 Å². The van der Waals surface area contributed by atoms with E-state index in [4.69, 9.17) is 11.6 Å². The largest absolute Gasteiger partial charge is 0.353 e. The van der Waals surface area contributed by atoms with Crippen LogP contribution < -0.4 is 5.32 Å². The number of carbonyl (C=O) groups is 1. The van der Waals surface area contributed by atoms with Gasteiger partial charge in [0.05, 0.1) is 23.0 Å². The monoisotopic (exact) mass is 324 g/mol. The zero-order valence-electron chi connectivity index (χ0n) is 13.6. The minimum absolute atomic E-state index is 0.123. The highest BCUT2D eigenvalue weighted by Crippen LogP contribution is 2.34. The van der Waals surface area contributed by atoms with Gasteiger partial charge in [0, 0.05) is 24.5 Å². The molecule has 122 valence electrons. The van der Waals surface area contributed by atoms with E-state index in [2.05, 4.69) is 22.4 Å². The van der Waals surface area contributed by atoms with Crippen LogP contribution in [0, 0.1) is 13.8 Å². The van der Waals surface area contributed by atoms with Gasteiger partial charge >= 0.3 is 0 Å². The Hall–Kier alpha value is -1.07. The van der Waals surface area contributed by atoms with Crippen molar-refractivity contribution in [3.63, 3.8) is 0 Å². The summed E-state index contributed by atoms with van der Waals surface area (Å²) in [7, 11) is 2.22. The molecule has 22 heavy (non-hydrogen) atoms. The van der Waals surface area contributed by atoms with Crippen LogP contribution in [-0.4, -0.2) is 45.8 Å². The molecule has 2 atom stereocenters. The summed E-state index contributed by atoms with van der Waals surface area (Å²) >= 11 is 6.13. The maximum atomic E-state index is 12.2. The van der Waals surface area contributed by atoms with Gasteiger partial charge in [-0.1, -0.05) is 11.6 Å². The Morgan fingerprint density at radius 2 is 1.95 bits per heavy atom. The van der Waals surface area contributed by atoms with Crippen LogP contribution in [0.4, 0.5) is 0 Å². The molecule has 3 rings (SSSR count). The number of aromatic nitrogens is 2. The van der Waals surface area contributed by atoms with E-state index in [0.29, 0.717) is 36.1 Å². The molecule has 0 aliphatic carbocycles. The highest BCUT2D eigenvalue weighted by atomic mass is 35.5. The Bertz CT molecular complexity index is 557. The molecule has 1 N–H and O–H groups in total. The first kappa shape index (κ1) is 15.8. The number of nitrogens with zero attached hydrogens (tertiary/aromatic N) is 3. The summed E-state index contributed by atoms with van der Waals surface area (Å²) in [5, 5.41) is 8.28. The molecule has 1 aromatic heterocycles. The third kappa shape index (κ3) is 3.01. The van der Waals surface area contributed by atoms with Gasteiger partial charge in [0.2, 0.25) is 5.91 Å². The molecule has 0 radical (unpaired) electrons. The minimum Gasteiger partial charge on any atom is -0.353 e. The van der Waals surface area contributed by atoms with Crippen LogP contribution in [0.15, 0.2) is 0 Å². The van der Waals surface area contributed by atoms with E-state index in [9.17, 15) is 4.79 Å². The molecule has 0 aromatic carbocycles. The van der Waals surface area contributed by atoms with Crippen molar-refractivity contribution in [2.75, 3.05) is 7.05 Å². The topological polar surface area (TPSA) is 50.2 Å². The van der Waals surface area contributed by atoms with Crippen molar-refractivity contribution in [3.8, 4) is 0 Å². The highest BCUT2D eigenvalue weighted by molar-refractivity contribution is 6.31. The van der Waals surface area contributed by atoms with Crippen LogP contribution in [0.2, 0.25) is 5.02 Å². The second-order valence-electron chi connectivity index (χ2n) is 6.74. The molecule has 6 heteroatoms. The number of amides is 1. The average Bonchev–Trinajstić information content (AvgIpc) is 2.84. The number of halogens is 1. The van der Waals surface area contributed by atoms with Gasteiger partial charge in [0.25, 0.3) is 0 Å². The van der Waals surface area contributed by atoms with Crippen molar-refractivity contribution in [3.05, 3.63) is 16.4 Å². The highest BCUT2D eigenvalue weighted by Gasteiger charge is 2.38. The van der Waals surface area contributed by atoms with E-state index in [1.807, 2.05) is 18.5 Å². The third-order valence-corrected chi connectivity index (χ3v) is 5.85. The zero-order chi connectivity index (χ0) is 15.9. The summed E-state index contributed by atoms with van der Waals surface area (Å²) in [6.45, 7) is 4.42. The predicted molar refractivity (Wildman–Crippen MR) is 87.1 cm³/mol. The predicted octanol–water partition coefficient (Wildman–Crippen LogP) is 2.28. The molecular formula is C16H25ClN4O. The first-order valence-corrected chi connectivity index (χ1v) is 8.54. The molecule has 2 bridgehead atoms. The van der Waals surface area contributed by atoms with Gasteiger partial charge in [-0.3, -0.25) is 9.48 Å². The Balaban J connectivity index is 1.50. The normalized spacial score (nSPS) is 28.1. The Kier molecular flexibility index (Phi) is 4.46. The van der Waals surface area contributed by atoms with Crippen LogP contribution in [0.1, 0.15) is 43.5 Å². The van der Waals surface area contributed by atoms with Gasteiger partial charge in [0.1, 0.15) is 0 Å². The lowest BCUT2D eigenvalue weighted by Crippen LogP contribution is -2.48. The van der Waals surface area contributed by atoms with Crippen molar-refractivity contribution < 1.29 is 4.79 Å². The van der Waals surface area contributed by atoms with Gasteiger partial charge in [0.15, 0.2) is 0 Å². The van der Waals surface area contributed by atoms with Gasteiger partial charge < -0.3 is 10.2 Å². The molecule has 1 amide bonds. The van der Waals surface area contributed by atoms with E-state index in [0.717, 1.165) is 24.2 Å². The average molecular weight is 325 g/mol. The fourth-order valence-electron chi connectivity index (χ4n) is 3.93. The van der Waals surface area contributed by atoms with E-state index >= 15 is 0 Å². The standard InChI is InChI=1S/C16H25ClN4O/c1-10-16(17)11(2)21(19-10)7-6-15(22)18-12-8-13-4-5-14(9-12)20(13)3/h12-14H,4-9H2,1-3H3,(H,18,22). The summed E-state index contributed by atoms with van der Waals surface area (Å²) in [4.78, 5) is 14.7. The number of carbonyl (C=O) groups excluding carboxylic acids is 1. The molecule has 0 spiro atoms. The summed E-state index contributed by atoms with van der Waals surface area (Å²) < 4.78 is 1.83. The maximum absolute atomic E-state index is 12.2. The van der Waals surface area contributed by atoms with Crippen LogP contribution in [-0.2, 0) is 11.3 Å². The fourth-order valence-corrected chi connectivity index (χ4v) is 4.06. The maximum Gasteiger partial charge on any atom is 0.222 e. The molecule has 0 saturated carbocycles. The number of hydrogen-bond donors (Lipinski definition) is 1. The first-order valence-electron chi connectivity index (χ1n) is 8.16. The van der Waals surface area contributed by atoms with Crippen LogP contribution >= 0.6 is 11.6 Å². The summed E-state index contributed by atoms with van der Waals surface area (Å²) in [6, 6.07) is 1.64. The smallest absolute Gasteiger partial charge is 0.222 e. The zero-order valence-corrected chi connectivity index (χ0v) is 14.4. The lowest BCUT2D eigenvalue weighted by Gasteiger charge is -2.36. The van der Waals surface area contributed by atoms with Crippen molar-refractivity contribution in [2.45, 2.75) is 70.6 Å². The summed E-state index contributed by atoms with van der Waals surface area (Å²) in [6.07, 6.45) is 5.19. The molecule has 1 aromatic rings. The van der Waals surface area contributed by atoms with Crippen molar-refractivity contribution in [2.24, 2.45) is 0 Å². The second-order valence-corrected chi connectivity index (χ2v) is 7.12. The lowest BCUT2D eigenvalue weighted by molar-refractivity contribution is -0.122. The van der Waals surface area contributed by atoms with Gasteiger partial charge in [-0.05, 0) is 46.6 Å². The molecule has 2 aliphatic rings. The molecule has 2 aliphatic heterocycles. The van der Waals surface area contributed by atoms with Gasteiger partial charge in [-0.25, -0.2) is 0 Å². The number of hydrogen-bond acceptors (Lipinski definition) is 3. The SMILES string of the molecule is Cc1nn(CCC(=O)NC2CC3CCC(C2)N3C)c(C)c1Cl. The Morgan fingerprint density at radius 1 is 1.32 bits per heavy atom. The third-order valence-electron chi connectivity index (χ3n) is 5.31. The van der Waals surface area contributed by atoms with Crippen molar-refractivity contribution in [1.29, 1.82) is 0 Å². The Morgan fingerprint density at radius 3 is 2.50 bits per heavy atom. The van der Waals surface area contributed by atoms with Crippen LogP contribution in [0.3, 0.4) is 0 Å². The summed E-state index contributed by atoms with van der Waals surface area (Å²) in [5.74, 6) is 0.123. The molecule has 2 fully saturated rings. The van der Waals surface area contributed by atoms with E-state index in [-0.39, 0.29) is 5.91 Å². The number of aryl methyl sites for hydroxylation is 2. The van der Waals surface area contributed by atoms with Crippen molar-refractivity contribution in [1.82, 2.24) is 20.0 Å². The molecule has 2 saturated heterocycles. The molecule has 2 unspecified atom stereocenters. The van der Waals surface area contributed by atoms with Crippen LogP contribution in [0.25, 0.3) is 0 Å². The van der Waals surface area contributed by atoms with Crippen molar-refractivity contribution >= 4 is 17.5 Å².